The Balaban J connectivity index is 1.80. The van der Waals surface area contributed by atoms with Gasteiger partial charge >= 0.3 is 0 Å². The van der Waals surface area contributed by atoms with Gasteiger partial charge in [0.1, 0.15) is 5.75 Å². The minimum atomic E-state index is -0.141. The van der Waals surface area contributed by atoms with E-state index >= 15 is 0 Å². The first-order valence-electron chi connectivity index (χ1n) is 8.82. The fraction of sp³-hybridized carbons (Fsp3) is 0.333. The summed E-state index contributed by atoms with van der Waals surface area (Å²) in [4.78, 5) is 25.1. The quantitative estimate of drug-likeness (QED) is 0.770. The minimum Gasteiger partial charge on any atom is -0.497 e. The molecule has 0 saturated carbocycles. The smallest absolute Gasteiger partial charge is 0.238 e. The molecule has 1 amide bonds. The van der Waals surface area contributed by atoms with Crippen molar-refractivity contribution in [2.24, 2.45) is 0 Å². The number of para-hydroxylation sites is 1. The van der Waals surface area contributed by atoms with Crippen LogP contribution in [0.3, 0.4) is 0 Å². The van der Waals surface area contributed by atoms with Crippen molar-refractivity contribution in [3.05, 3.63) is 60.2 Å². The molecule has 5 heteroatoms. The summed E-state index contributed by atoms with van der Waals surface area (Å²) in [6.07, 6.45) is 1.07. The Kier molecular flexibility index (Phi) is 5.26. The number of anilines is 1. The molecule has 0 aliphatic carbocycles. The molecule has 2 aromatic rings. The molecule has 1 aliphatic rings. The minimum absolute atomic E-state index is 0.0333. The lowest BCUT2D eigenvalue weighted by atomic mass is 10.00. The molecule has 3 rings (SSSR count). The molecule has 0 spiro atoms. The predicted molar refractivity (Wildman–Crippen MR) is 101 cm³/mol. The number of carbonyl (C=O) groups excluding carboxylic acids is 2. The highest BCUT2D eigenvalue weighted by Crippen LogP contribution is 2.32. The first kappa shape index (κ1) is 18.0. The van der Waals surface area contributed by atoms with Gasteiger partial charge in [-0.25, -0.2) is 0 Å². The second kappa shape index (κ2) is 7.60. The van der Waals surface area contributed by atoms with Gasteiger partial charge < -0.3 is 4.74 Å². The lowest BCUT2D eigenvalue weighted by molar-refractivity contribution is -0.130. The molecule has 1 heterocycles. The summed E-state index contributed by atoms with van der Waals surface area (Å²) in [5, 5.41) is 3.75. The van der Waals surface area contributed by atoms with Crippen molar-refractivity contribution in [1.82, 2.24) is 5.01 Å². The molecule has 1 saturated heterocycles. The fourth-order valence-electron chi connectivity index (χ4n) is 3.63. The molecule has 2 unspecified atom stereocenters. The molecule has 2 atom stereocenters. The van der Waals surface area contributed by atoms with Crippen LogP contribution in [0.2, 0.25) is 0 Å². The third-order valence-corrected chi connectivity index (χ3v) is 4.79. The number of Topliss-reactive ketones (excluding diaryl/α,β-unsaturated/α-hetero) is 1. The van der Waals surface area contributed by atoms with Crippen LogP contribution in [-0.2, 0) is 4.79 Å². The van der Waals surface area contributed by atoms with Crippen LogP contribution in [0.1, 0.15) is 37.0 Å². The van der Waals surface area contributed by atoms with E-state index in [0.717, 1.165) is 17.9 Å². The maximum Gasteiger partial charge on any atom is 0.238 e. The Bertz CT molecular complexity index is 774. The van der Waals surface area contributed by atoms with Crippen molar-refractivity contribution in [2.45, 2.75) is 38.8 Å². The maximum atomic E-state index is 12.7. The SMILES string of the molecule is COc1ccc(C(=O)CC2CC(C)N(c3ccccc3)N2C(C)=O)cc1. The molecule has 0 N–H and O–H groups in total. The van der Waals surface area contributed by atoms with Crippen LogP contribution in [-0.4, -0.2) is 35.9 Å². The van der Waals surface area contributed by atoms with Gasteiger partial charge in [0, 0.05) is 24.9 Å². The van der Waals surface area contributed by atoms with E-state index in [4.69, 9.17) is 4.74 Å². The molecule has 1 fully saturated rings. The summed E-state index contributed by atoms with van der Waals surface area (Å²) in [7, 11) is 1.60. The zero-order valence-electron chi connectivity index (χ0n) is 15.4. The molecular formula is C21H24N2O3. The summed E-state index contributed by atoms with van der Waals surface area (Å²) in [6.45, 7) is 3.64. The van der Waals surface area contributed by atoms with Gasteiger partial charge in [-0.05, 0) is 49.7 Å². The molecule has 0 bridgehead atoms. The van der Waals surface area contributed by atoms with Gasteiger partial charge in [-0.1, -0.05) is 18.2 Å². The van der Waals surface area contributed by atoms with Gasteiger partial charge in [-0.2, -0.15) is 0 Å². The number of hydrazine groups is 1. The first-order chi connectivity index (χ1) is 12.5. The normalized spacial score (nSPS) is 19.5. The average molecular weight is 352 g/mol. The van der Waals surface area contributed by atoms with E-state index in [2.05, 4.69) is 6.92 Å². The van der Waals surface area contributed by atoms with Crippen LogP contribution < -0.4 is 9.75 Å². The van der Waals surface area contributed by atoms with Crippen molar-refractivity contribution < 1.29 is 14.3 Å². The van der Waals surface area contributed by atoms with Crippen molar-refractivity contribution in [3.8, 4) is 5.75 Å². The zero-order chi connectivity index (χ0) is 18.7. The molecule has 26 heavy (non-hydrogen) atoms. The number of rotatable bonds is 5. The van der Waals surface area contributed by atoms with Gasteiger partial charge in [0.2, 0.25) is 5.91 Å². The largest absolute Gasteiger partial charge is 0.497 e. The number of benzene rings is 2. The van der Waals surface area contributed by atoms with Gasteiger partial charge in [-0.3, -0.25) is 19.6 Å². The Labute approximate surface area is 154 Å². The molecule has 0 radical (unpaired) electrons. The number of hydrogen-bond donors (Lipinski definition) is 0. The standard InChI is InChI=1S/C21H24N2O3/c1-15-13-19(14-21(25)17-9-11-20(26-3)12-10-17)23(16(2)24)22(15)18-7-5-4-6-8-18/h4-12,15,19H,13-14H2,1-3H3. The Morgan fingerprint density at radius 1 is 1.08 bits per heavy atom. The average Bonchev–Trinajstić information content (AvgIpc) is 2.98. The highest BCUT2D eigenvalue weighted by molar-refractivity contribution is 5.97. The van der Waals surface area contributed by atoms with Crippen LogP contribution in [0, 0.1) is 0 Å². The van der Waals surface area contributed by atoms with Gasteiger partial charge in [0.15, 0.2) is 5.78 Å². The third kappa shape index (κ3) is 3.57. The van der Waals surface area contributed by atoms with Crippen molar-refractivity contribution in [1.29, 1.82) is 0 Å². The summed E-state index contributed by atoms with van der Waals surface area (Å²) in [5.74, 6) is 0.702. The summed E-state index contributed by atoms with van der Waals surface area (Å²) >= 11 is 0. The number of hydrogen-bond acceptors (Lipinski definition) is 4. The van der Waals surface area contributed by atoms with Crippen molar-refractivity contribution in [3.63, 3.8) is 0 Å². The van der Waals surface area contributed by atoms with Crippen LogP contribution in [0.4, 0.5) is 5.69 Å². The lowest BCUT2D eigenvalue weighted by Gasteiger charge is -2.34. The van der Waals surface area contributed by atoms with E-state index in [0.29, 0.717) is 12.0 Å². The van der Waals surface area contributed by atoms with E-state index in [-0.39, 0.29) is 23.8 Å². The number of methoxy groups -OCH3 is 1. The van der Waals surface area contributed by atoms with Crippen molar-refractivity contribution >= 4 is 17.4 Å². The van der Waals surface area contributed by atoms with E-state index in [1.807, 2.05) is 35.3 Å². The van der Waals surface area contributed by atoms with Gasteiger partial charge in [0.05, 0.1) is 18.8 Å². The topological polar surface area (TPSA) is 49.9 Å². The van der Waals surface area contributed by atoms with Crippen LogP contribution in [0.25, 0.3) is 0 Å². The Morgan fingerprint density at radius 3 is 2.31 bits per heavy atom. The van der Waals surface area contributed by atoms with Gasteiger partial charge in [0.25, 0.3) is 0 Å². The van der Waals surface area contributed by atoms with Crippen LogP contribution in [0.5, 0.6) is 5.75 Å². The summed E-state index contributed by atoms with van der Waals surface area (Å²) in [5.41, 5.74) is 1.61. The predicted octanol–water partition coefficient (Wildman–Crippen LogP) is 3.70. The monoisotopic (exact) mass is 352 g/mol. The number of nitrogens with zero attached hydrogens (tertiary/aromatic N) is 2. The lowest BCUT2D eigenvalue weighted by Crippen LogP contribution is -2.46. The molecule has 2 aromatic carbocycles. The van der Waals surface area contributed by atoms with Crippen molar-refractivity contribution in [2.75, 3.05) is 12.1 Å². The molecule has 0 aromatic heterocycles. The molecule has 1 aliphatic heterocycles. The Hall–Kier alpha value is -2.82. The van der Waals surface area contributed by atoms with Crippen LogP contribution >= 0.6 is 0 Å². The second-order valence-corrected chi connectivity index (χ2v) is 6.64. The molecule has 136 valence electrons. The highest BCUT2D eigenvalue weighted by atomic mass is 16.5. The van der Waals surface area contributed by atoms with E-state index in [1.165, 1.54) is 0 Å². The second-order valence-electron chi connectivity index (χ2n) is 6.64. The van der Waals surface area contributed by atoms with Gasteiger partial charge in [-0.15, -0.1) is 0 Å². The summed E-state index contributed by atoms with van der Waals surface area (Å²) in [6, 6.07) is 16.9. The summed E-state index contributed by atoms with van der Waals surface area (Å²) < 4.78 is 5.14. The molecule has 5 nitrogen and oxygen atoms in total. The maximum absolute atomic E-state index is 12.7. The van der Waals surface area contributed by atoms with E-state index in [9.17, 15) is 9.59 Å². The number of amides is 1. The molecular weight excluding hydrogens is 328 g/mol. The van der Waals surface area contributed by atoms with E-state index < -0.39 is 0 Å². The number of carbonyl (C=O) groups is 2. The van der Waals surface area contributed by atoms with Crippen LogP contribution in [0.15, 0.2) is 54.6 Å². The number of ether oxygens (including phenoxy) is 1. The van der Waals surface area contributed by atoms with E-state index in [1.54, 1.807) is 43.3 Å². The third-order valence-electron chi connectivity index (χ3n) is 4.79. The first-order valence-corrected chi connectivity index (χ1v) is 8.82. The zero-order valence-corrected chi connectivity index (χ0v) is 15.4. The highest BCUT2D eigenvalue weighted by Gasteiger charge is 2.39. The number of ketones is 1. The Morgan fingerprint density at radius 2 is 1.73 bits per heavy atom. The fourth-order valence-corrected chi connectivity index (χ4v) is 3.63.